The number of amides is 1. The lowest BCUT2D eigenvalue weighted by Gasteiger charge is -2.25. The zero-order valence-electron chi connectivity index (χ0n) is 15.3. The Morgan fingerprint density at radius 2 is 1.79 bits per heavy atom. The van der Waals surface area contributed by atoms with Crippen molar-refractivity contribution in [2.24, 2.45) is 0 Å². The minimum absolute atomic E-state index is 0.0662. The quantitative estimate of drug-likeness (QED) is 0.652. The maximum absolute atomic E-state index is 13.1. The fraction of sp³-hybridized carbons (Fsp3) is 0.300. The Kier molecular flexibility index (Phi) is 7.84. The minimum atomic E-state index is -2.88. The molecule has 0 radical (unpaired) electrons. The molecule has 2 rings (SSSR count). The van der Waals surface area contributed by atoms with Gasteiger partial charge in [0.05, 0.1) is 19.0 Å². The van der Waals surface area contributed by atoms with Gasteiger partial charge in [-0.2, -0.15) is 14.0 Å². The molecule has 0 heterocycles. The van der Waals surface area contributed by atoms with Gasteiger partial charge in [-0.3, -0.25) is 9.69 Å². The van der Waals surface area contributed by atoms with E-state index in [-0.39, 0.29) is 31.2 Å². The molecular weight excluding hydrogens is 371 g/mol. The van der Waals surface area contributed by atoms with Crippen molar-refractivity contribution in [3.8, 4) is 11.8 Å². The Balaban J connectivity index is 1.99. The molecule has 0 unspecified atom stereocenters. The molecule has 0 aliphatic rings. The van der Waals surface area contributed by atoms with Gasteiger partial charge in [0.2, 0.25) is 5.91 Å². The van der Waals surface area contributed by atoms with Gasteiger partial charge >= 0.3 is 6.61 Å². The van der Waals surface area contributed by atoms with Gasteiger partial charge in [-0.05, 0) is 49.0 Å². The highest BCUT2D eigenvalue weighted by Crippen LogP contribution is 2.18. The van der Waals surface area contributed by atoms with Crippen molar-refractivity contribution in [3.05, 3.63) is 59.9 Å². The first kappa shape index (κ1) is 21.3. The van der Waals surface area contributed by atoms with E-state index in [1.165, 1.54) is 41.3 Å². The number of nitriles is 1. The molecule has 0 saturated carbocycles. The number of halogens is 3. The molecule has 0 aromatic heterocycles. The van der Waals surface area contributed by atoms with Crippen LogP contribution in [0.15, 0.2) is 48.5 Å². The third-order valence-corrected chi connectivity index (χ3v) is 3.89. The maximum Gasteiger partial charge on any atom is 0.387 e. The summed E-state index contributed by atoms with van der Waals surface area (Å²) < 4.78 is 41.8. The number of nitrogens with zero attached hydrogens (tertiary/aromatic N) is 3. The molecule has 0 aliphatic heterocycles. The van der Waals surface area contributed by atoms with E-state index in [1.54, 1.807) is 24.1 Å². The van der Waals surface area contributed by atoms with E-state index < -0.39 is 12.4 Å². The molecule has 28 heavy (non-hydrogen) atoms. The highest BCUT2D eigenvalue weighted by molar-refractivity contribution is 5.94. The van der Waals surface area contributed by atoms with Crippen LogP contribution in [0.3, 0.4) is 0 Å². The van der Waals surface area contributed by atoms with Gasteiger partial charge in [0.1, 0.15) is 11.6 Å². The lowest BCUT2D eigenvalue weighted by Crippen LogP contribution is -2.39. The largest absolute Gasteiger partial charge is 0.435 e. The Bertz CT molecular complexity index is 805. The van der Waals surface area contributed by atoms with Gasteiger partial charge in [-0.15, -0.1) is 0 Å². The normalized spacial score (nSPS) is 10.8. The van der Waals surface area contributed by atoms with Crippen LogP contribution in [0.2, 0.25) is 0 Å². The summed E-state index contributed by atoms with van der Waals surface area (Å²) in [4.78, 5) is 15.9. The van der Waals surface area contributed by atoms with Gasteiger partial charge in [-0.1, -0.05) is 12.1 Å². The molecule has 148 valence electrons. The standard InChI is InChI=1S/C20H20F3N3O2/c1-25(13-15-3-9-18(10-4-15)28-20(22)23)14-19(27)26(12-2-11-24)17-7-5-16(21)6-8-17/h3-10,20H,2,12-14H2,1H3. The summed E-state index contributed by atoms with van der Waals surface area (Å²) in [6.07, 6.45) is 0.151. The average Bonchev–Trinajstić information content (AvgIpc) is 2.64. The van der Waals surface area contributed by atoms with Gasteiger partial charge in [0, 0.05) is 18.8 Å². The molecule has 5 nitrogen and oxygen atoms in total. The van der Waals surface area contributed by atoms with Crippen LogP contribution in [-0.2, 0) is 11.3 Å². The minimum Gasteiger partial charge on any atom is -0.435 e. The third-order valence-electron chi connectivity index (χ3n) is 3.89. The molecule has 0 aliphatic carbocycles. The molecule has 0 bridgehead atoms. The first-order valence-corrected chi connectivity index (χ1v) is 8.54. The first-order chi connectivity index (χ1) is 13.4. The summed E-state index contributed by atoms with van der Waals surface area (Å²) in [7, 11) is 1.74. The lowest BCUT2D eigenvalue weighted by atomic mass is 10.2. The van der Waals surface area contributed by atoms with E-state index >= 15 is 0 Å². The monoisotopic (exact) mass is 391 g/mol. The number of anilines is 1. The van der Waals surface area contributed by atoms with Crippen LogP contribution >= 0.6 is 0 Å². The molecule has 8 heteroatoms. The zero-order valence-corrected chi connectivity index (χ0v) is 15.3. The van der Waals surface area contributed by atoms with Crippen LogP contribution in [0, 0.1) is 17.1 Å². The second-order valence-electron chi connectivity index (χ2n) is 6.12. The fourth-order valence-electron chi connectivity index (χ4n) is 2.64. The van der Waals surface area contributed by atoms with Crippen molar-refractivity contribution in [1.82, 2.24) is 4.90 Å². The molecule has 2 aromatic rings. The molecular formula is C20H20F3N3O2. The SMILES string of the molecule is CN(CC(=O)N(CCC#N)c1ccc(F)cc1)Cc1ccc(OC(F)F)cc1. The van der Waals surface area contributed by atoms with E-state index in [0.29, 0.717) is 12.2 Å². The van der Waals surface area contributed by atoms with Gasteiger partial charge < -0.3 is 9.64 Å². The number of hydrogen-bond acceptors (Lipinski definition) is 4. The number of benzene rings is 2. The molecule has 1 amide bonds. The molecule has 0 saturated heterocycles. The van der Waals surface area contributed by atoms with Crippen LogP contribution in [0.1, 0.15) is 12.0 Å². The van der Waals surface area contributed by atoms with Crippen molar-refractivity contribution < 1.29 is 22.7 Å². The zero-order chi connectivity index (χ0) is 20.5. The van der Waals surface area contributed by atoms with Crippen LogP contribution in [-0.4, -0.2) is 37.6 Å². The number of carbonyl (C=O) groups is 1. The molecule has 0 atom stereocenters. The van der Waals surface area contributed by atoms with E-state index in [1.807, 2.05) is 6.07 Å². The Labute approximate surface area is 161 Å². The number of carbonyl (C=O) groups excluding carboxylic acids is 1. The summed E-state index contributed by atoms with van der Waals surface area (Å²) in [5, 5.41) is 8.83. The van der Waals surface area contributed by atoms with Crippen molar-refractivity contribution in [1.29, 1.82) is 5.26 Å². The van der Waals surface area contributed by atoms with Gasteiger partial charge in [0.15, 0.2) is 0 Å². The predicted molar refractivity (Wildman–Crippen MR) is 98.4 cm³/mol. The summed E-state index contributed by atoms with van der Waals surface area (Å²) in [5.74, 6) is -0.578. The van der Waals surface area contributed by atoms with Crippen molar-refractivity contribution in [2.75, 3.05) is 25.0 Å². The number of hydrogen-bond donors (Lipinski definition) is 0. The summed E-state index contributed by atoms with van der Waals surface area (Å²) >= 11 is 0. The number of rotatable bonds is 9. The van der Waals surface area contributed by atoms with E-state index in [4.69, 9.17) is 5.26 Å². The maximum atomic E-state index is 13.1. The Hall–Kier alpha value is -3.05. The summed E-state index contributed by atoms with van der Waals surface area (Å²) in [5.41, 5.74) is 1.34. The van der Waals surface area contributed by atoms with Crippen LogP contribution in [0.25, 0.3) is 0 Å². The van der Waals surface area contributed by atoms with Crippen molar-refractivity contribution in [2.45, 2.75) is 19.6 Å². The highest BCUT2D eigenvalue weighted by atomic mass is 19.3. The van der Waals surface area contributed by atoms with E-state index in [2.05, 4.69) is 4.74 Å². The molecule has 0 spiro atoms. The van der Waals surface area contributed by atoms with E-state index in [0.717, 1.165) is 5.56 Å². The second kappa shape index (κ2) is 10.3. The number of alkyl halides is 2. The van der Waals surface area contributed by atoms with Gasteiger partial charge in [-0.25, -0.2) is 4.39 Å². The highest BCUT2D eigenvalue weighted by Gasteiger charge is 2.17. The molecule has 0 fully saturated rings. The average molecular weight is 391 g/mol. The first-order valence-electron chi connectivity index (χ1n) is 8.54. The van der Waals surface area contributed by atoms with Crippen molar-refractivity contribution >= 4 is 11.6 Å². The Morgan fingerprint density at radius 1 is 1.14 bits per heavy atom. The van der Waals surface area contributed by atoms with E-state index in [9.17, 15) is 18.0 Å². The van der Waals surface area contributed by atoms with Gasteiger partial charge in [0.25, 0.3) is 0 Å². The fourth-order valence-corrected chi connectivity index (χ4v) is 2.64. The summed E-state index contributed by atoms with van der Waals surface area (Å²) in [6, 6.07) is 13.7. The molecule has 2 aromatic carbocycles. The number of ether oxygens (including phenoxy) is 1. The van der Waals surface area contributed by atoms with Crippen molar-refractivity contribution in [3.63, 3.8) is 0 Å². The predicted octanol–water partition coefficient (Wildman–Crippen LogP) is 3.81. The Morgan fingerprint density at radius 3 is 2.36 bits per heavy atom. The van der Waals surface area contributed by atoms with Crippen LogP contribution in [0.4, 0.5) is 18.9 Å². The second-order valence-corrected chi connectivity index (χ2v) is 6.12. The lowest BCUT2D eigenvalue weighted by molar-refractivity contribution is -0.119. The smallest absolute Gasteiger partial charge is 0.387 e. The summed E-state index contributed by atoms with van der Waals surface area (Å²) in [6.45, 7) is -2.19. The van der Waals surface area contributed by atoms with Crippen LogP contribution < -0.4 is 9.64 Å². The molecule has 0 N–H and O–H groups in total. The topological polar surface area (TPSA) is 56.6 Å². The number of likely N-dealkylation sites (N-methyl/N-ethyl adjacent to an activating group) is 1. The van der Waals surface area contributed by atoms with Crippen LogP contribution in [0.5, 0.6) is 5.75 Å². The third kappa shape index (κ3) is 6.59.